The van der Waals surface area contributed by atoms with E-state index in [9.17, 15) is 0 Å². The minimum absolute atomic E-state index is 0.508. The maximum atomic E-state index is 4.40. The second-order valence-corrected chi connectivity index (χ2v) is 6.04. The first-order valence-corrected chi connectivity index (χ1v) is 7.35. The Morgan fingerprint density at radius 1 is 1.39 bits per heavy atom. The first-order chi connectivity index (χ1) is 8.75. The summed E-state index contributed by atoms with van der Waals surface area (Å²) in [5.41, 5.74) is 2.98. The summed E-state index contributed by atoms with van der Waals surface area (Å²) in [6, 6.07) is 8.77. The zero-order valence-electron chi connectivity index (χ0n) is 10.5. The lowest BCUT2D eigenvalue weighted by atomic mass is 10.00. The van der Waals surface area contributed by atoms with Gasteiger partial charge < -0.3 is 4.57 Å². The first kappa shape index (κ1) is 12.0. The van der Waals surface area contributed by atoms with Gasteiger partial charge in [0, 0.05) is 30.7 Å². The van der Waals surface area contributed by atoms with Crippen molar-refractivity contribution in [1.82, 2.24) is 9.55 Å². The van der Waals surface area contributed by atoms with Crippen molar-refractivity contribution in [3.05, 3.63) is 53.6 Å². The molecule has 2 aromatic rings. The van der Waals surface area contributed by atoms with E-state index in [1.54, 1.807) is 0 Å². The lowest BCUT2D eigenvalue weighted by molar-refractivity contribution is 0.499. The van der Waals surface area contributed by atoms with Crippen molar-refractivity contribution in [3.8, 4) is 0 Å². The summed E-state index contributed by atoms with van der Waals surface area (Å²) in [6.07, 6.45) is 7.34. The number of nitrogens with zero attached hydrogens (tertiary/aromatic N) is 2. The van der Waals surface area contributed by atoms with Crippen LogP contribution in [0, 0.1) is 5.92 Å². The average Bonchev–Trinajstić information content (AvgIpc) is 2.92. The molecule has 1 aromatic heterocycles. The van der Waals surface area contributed by atoms with Gasteiger partial charge in [-0.1, -0.05) is 40.2 Å². The molecule has 1 aliphatic carbocycles. The molecule has 0 saturated heterocycles. The van der Waals surface area contributed by atoms with Gasteiger partial charge in [0.2, 0.25) is 0 Å². The Kier molecular flexibility index (Phi) is 3.25. The molecule has 94 valence electrons. The van der Waals surface area contributed by atoms with E-state index in [0.717, 1.165) is 6.42 Å². The minimum Gasteiger partial charge on any atom is -0.338 e. The summed E-state index contributed by atoms with van der Waals surface area (Å²) in [7, 11) is 2.07. The van der Waals surface area contributed by atoms with Crippen molar-refractivity contribution >= 4 is 15.9 Å². The molecule has 1 aromatic carbocycles. The van der Waals surface area contributed by atoms with Crippen LogP contribution in [0.3, 0.4) is 0 Å². The molecule has 2 unspecified atom stereocenters. The van der Waals surface area contributed by atoms with Gasteiger partial charge in [-0.25, -0.2) is 4.98 Å². The molecular weight excluding hydrogens is 288 g/mol. The Bertz CT molecular complexity index is 547. The van der Waals surface area contributed by atoms with E-state index < -0.39 is 0 Å². The van der Waals surface area contributed by atoms with E-state index in [0.29, 0.717) is 10.7 Å². The Labute approximate surface area is 116 Å². The summed E-state index contributed by atoms with van der Waals surface area (Å²) in [5.74, 6) is 1.88. The first-order valence-electron chi connectivity index (χ1n) is 6.44. The second kappa shape index (κ2) is 4.88. The van der Waals surface area contributed by atoms with Crippen molar-refractivity contribution in [2.45, 2.75) is 24.1 Å². The van der Waals surface area contributed by atoms with Crippen molar-refractivity contribution in [3.63, 3.8) is 0 Å². The van der Waals surface area contributed by atoms with Crippen LogP contribution in [-0.2, 0) is 19.9 Å². The summed E-state index contributed by atoms with van der Waals surface area (Å²) < 4.78 is 2.12. The van der Waals surface area contributed by atoms with Crippen LogP contribution in [0.1, 0.15) is 28.2 Å². The number of imidazole rings is 1. The van der Waals surface area contributed by atoms with Crippen LogP contribution in [0.15, 0.2) is 36.7 Å². The standard InChI is InChI=1S/C15H17BrN2/c1-18-9-8-17-14(18)7-6-12-10-11-4-2-3-5-13(11)15(12)16/h2-5,8-9,12,15H,6-7,10H2,1H3. The van der Waals surface area contributed by atoms with Gasteiger partial charge >= 0.3 is 0 Å². The number of halogens is 1. The van der Waals surface area contributed by atoms with Gasteiger partial charge in [0.25, 0.3) is 0 Å². The van der Waals surface area contributed by atoms with E-state index in [2.05, 4.69) is 56.8 Å². The van der Waals surface area contributed by atoms with Crippen LogP contribution in [0.4, 0.5) is 0 Å². The molecule has 0 fully saturated rings. The molecule has 1 aliphatic rings. The zero-order valence-corrected chi connectivity index (χ0v) is 12.1. The Morgan fingerprint density at radius 2 is 2.22 bits per heavy atom. The molecule has 18 heavy (non-hydrogen) atoms. The molecule has 0 radical (unpaired) electrons. The average molecular weight is 305 g/mol. The van der Waals surface area contributed by atoms with E-state index in [4.69, 9.17) is 0 Å². The SMILES string of the molecule is Cn1ccnc1CCC1Cc2ccccc2C1Br. The van der Waals surface area contributed by atoms with Crippen LogP contribution in [0.2, 0.25) is 0 Å². The highest BCUT2D eigenvalue weighted by Gasteiger charge is 2.29. The van der Waals surface area contributed by atoms with E-state index in [-0.39, 0.29) is 0 Å². The predicted octanol–water partition coefficient (Wildman–Crippen LogP) is 3.66. The monoisotopic (exact) mass is 304 g/mol. The third-order valence-corrected chi connectivity index (χ3v) is 5.15. The van der Waals surface area contributed by atoms with Crippen molar-refractivity contribution < 1.29 is 0 Å². The molecule has 0 N–H and O–H groups in total. The van der Waals surface area contributed by atoms with E-state index in [1.165, 1.54) is 29.8 Å². The number of aromatic nitrogens is 2. The molecule has 0 bridgehead atoms. The van der Waals surface area contributed by atoms with Gasteiger partial charge in [-0.05, 0) is 29.9 Å². The number of rotatable bonds is 3. The van der Waals surface area contributed by atoms with Gasteiger partial charge in [0.05, 0.1) is 0 Å². The molecule has 3 rings (SSSR count). The smallest absolute Gasteiger partial charge is 0.108 e. The zero-order chi connectivity index (χ0) is 12.5. The van der Waals surface area contributed by atoms with Crippen LogP contribution in [0.25, 0.3) is 0 Å². The normalized spacial score (nSPS) is 22.1. The number of benzene rings is 1. The van der Waals surface area contributed by atoms with Crippen LogP contribution < -0.4 is 0 Å². The minimum atomic E-state index is 0.508. The fourth-order valence-corrected chi connectivity index (χ4v) is 3.73. The van der Waals surface area contributed by atoms with Gasteiger partial charge in [0.1, 0.15) is 5.82 Å². The third kappa shape index (κ3) is 2.12. The summed E-state index contributed by atoms with van der Waals surface area (Å²) >= 11 is 3.86. The highest BCUT2D eigenvalue weighted by molar-refractivity contribution is 9.09. The summed E-state index contributed by atoms with van der Waals surface area (Å²) in [6.45, 7) is 0. The topological polar surface area (TPSA) is 17.8 Å². The Hall–Kier alpha value is -1.09. The van der Waals surface area contributed by atoms with E-state index in [1.807, 2.05) is 12.4 Å². The third-order valence-electron chi connectivity index (χ3n) is 3.91. The van der Waals surface area contributed by atoms with Gasteiger partial charge in [-0.15, -0.1) is 0 Å². The number of fused-ring (bicyclic) bond motifs is 1. The largest absolute Gasteiger partial charge is 0.338 e. The lowest BCUT2D eigenvalue weighted by Gasteiger charge is -2.14. The summed E-state index contributed by atoms with van der Waals surface area (Å²) in [5, 5.41) is 0. The second-order valence-electron chi connectivity index (χ2n) is 5.06. The molecule has 0 saturated carbocycles. The maximum Gasteiger partial charge on any atom is 0.108 e. The Morgan fingerprint density at radius 3 is 2.94 bits per heavy atom. The number of hydrogen-bond acceptors (Lipinski definition) is 1. The molecule has 2 atom stereocenters. The van der Waals surface area contributed by atoms with Crippen molar-refractivity contribution in [1.29, 1.82) is 0 Å². The fraction of sp³-hybridized carbons (Fsp3) is 0.400. The highest BCUT2D eigenvalue weighted by Crippen LogP contribution is 2.43. The number of alkyl halides is 1. The molecular formula is C15H17BrN2. The van der Waals surface area contributed by atoms with Gasteiger partial charge in [-0.2, -0.15) is 0 Å². The fourth-order valence-electron chi connectivity index (χ4n) is 2.83. The molecule has 3 heteroatoms. The van der Waals surface area contributed by atoms with Crippen molar-refractivity contribution in [2.75, 3.05) is 0 Å². The van der Waals surface area contributed by atoms with Crippen LogP contribution in [-0.4, -0.2) is 9.55 Å². The van der Waals surface area contributed by atoms with E-state index >= 15 is 0 Å². The number of hydrogen-bond donors (Lipinski definition) is 0. The quantitative estimate of drug-likeness (QED) is 0.791. The predicted molar refractivity (Wildman–Crippen MR) is 76.8 cm³/mol. The Balaban J connectivity index is 1.68. The van der Waals surface area contributed by atoms with Crippen LogP contribution in [0.5, 0.6) is 0 Å². The van der Waals surface area contributed by atoms with Gasteiger partial charge in [-0.3, -0.25) is 0 Å². The molecule has 1 heterocycles. The maximum absolute atomic E-state index is 4.40. The molecule has 0 spiro atoms. The van der Waals surface area contributed by atoms with Crippen LogP contribution >= 0.6 is 15.9 Å². The van der Waals surface area contributed by atoms with Crippen molar-refractivity contribution in [2.24, 2.45) is 13.0 Å². The van der Waals surface area contributed by atoms with Gasteiger partial charge in [0.15, 0.2) is 0 Å². The summed E-state index contributed by atoms with van der Waals surface area (Å²) in [4.78, 5) is 4.91. The molecule has 2 nitrogen and oxygen atoms in total. The molecule has 0 aliphatic heterocycles. The lowest BCUT2D eigenvalue weighted by Crippen LogP contribution is -2.06. The highest BCUT2D eigenvalue weighted by atomic mass is 79.9. The number of aryl methyl sites for hydroxylation is 2. The molecule has 0 amide bonds.